The molecule has 1 aliphatic rings. The predicted molar refractivity (Wildman–Crippen MR) is 138 cm³/mol. The smallest absolute Gasteiger partial charge is 0.310 e. The second kappa shape index (κ2) is 12.0. The number of methoxy groups -OCH3 is 2. The topological polar surface area (TPSA) is 71.9 Å². The number of likely N-dealkylation sites (tertiary alicyclic amines) is 1. The first-order chi connectivity index (χ1) is 16.6. The highest BCUT2D eigenvalue weighted by Gasteiger charge is 2.35. The number of esters is 1. The van der Waals surface area contributed by atoms with Gasteiger partial charge in [0.25, 0.3) is 0 Å². The van der Waals surface area contributed by atoms with E-state index >= 15 is 0 Å². The van der Waals surface area contributed by atoms with Gasteiger partial charge >= 0.3 is 5.97 Å². The van der Waals surface area contributed by atoms with Crippen molar-refractivity contribution < 1.29 is 19.4 Å². The van der Waals surface area contributed by atoms with Crippen LogP contribution >= 0.6 is 23.1 Å². The lowest BCUT2D eigenvalue weighted by Gasteiger charge is -2.37. The molecule has 2 aromatic heterocycles. The normalized spacial score (nSPS) is 19.7. The van der Waals surface area contributed by atoms with Crippen LogP contribution in [0.15, 0.2) is 52.2 Å². The molecule has 0 amide bonds. The first-order valence-corrected chi connectivity index (χ1v) is 13.5. The molecule has 1 aromatic carbocycles. The van der Waals surface area contributed by atoms with Gasteiger partial charge in [-0.2, -0.15) is 0 Å². The maximum Gasteiger partial charge on any atom is 0.310 e. The highest BCUT2D eigenvalue weighted by molar-refractivity contribution is 8.01. The third-order valence-corrected chi connectivity index (χ3v) is 8.75. The summed E-state index contributed by atoms with van der Waals surface area (Å²) < 4.78 is 11.8. The number of hydrogen-bond acceptors (Lipinski definition) is 8. The molecule has 4 rings (SSSR count). The highest BCUT2D eigenvalue weighted by Crippen LogP contribution is 2.34. The summed E-state index contributed by atoms with van der Waals surface area (Å²) in [5.41, 5.74) is 1.68. The Kier molecular flexibility index (Phi) is 8.83. The lowest BCUT2D eigenvalue weighted by atomic mass is 9.81. The Morgan fingerprint density at radius 2 is 2.21 bits per heavy atom. The summed E-state index contributed by atoms with van der Waals surface area (Å²) in [6.07, 6.45) is 3.39. The summed E-state index contributed by atoms with van der Waals surface area (Å²) >= 11 is 3.63. The van der Waals surface area contributed by atoms with Gasteiger partial charge in [0.05, 0.1) is 36.0 Å². The Labute approximate surface area is 209 Å². The number of carbonyl (C=O) groups is 1. The summed E-state index contributed by atoms with van der Waals surface area (Å²) in [5.74, 6) is 1.65. The van der Waals surface area contributed by atoms with Gasteiger partial charge in [-0.15, -0.1) is 23.1 Å². The Morgan fingerprint density at radius 1 is 1.32 bits per heavy atom. The minimum absolute atomic E-state index is 0.144. The average molecular weight is 501 g/mol. The second-order valence-corrected chi connectivity index (χ2v) is 11.0. The number of pyridine rings is 1. The van der Waals surface area contributed by atoms with Gasteiger partial charge < -0.3 is 19.5 Å². The molecule has 3 aromatic rings. The number of ether oxygens (including phenoxy) is 2. The van der Waals surface area contributed by atoms with E-state index in [1.165, 1.54) is 11.3 Å². The van der Waals surface area contributed by atoms with Gasteiger partial charge in [0.15, 0.2) is 0 Å². The van der Waals surface area contributed by atoms with Crippen molar-refractivity contribution in [2.24, 2.45) is 11.8 Å². The van der Waals surface area contributed by atoms with E-state index in [4.69, 9.17) is 9.47 Å². The minimum atomic E-state index is -0.629. The van der Waals surface area contributed by atoms with Crippen molar-refractivity contribution in [3.63, 3.8) is 0 Å². The van der Waals surface area contributed by atoms with Crippen LogP contribution in [0.25, 0.3) is 10.9 Å². The molecule has 0 radical (unpaired) electrons. The number of aromatic nitrogens is 1. The standard InChI is InChI=1S/C26H32N2O4S2/c1-31-19-6-7-23-21(16-19)20(9-11-27-23)24(29)8-5-18-10-12-28(17-22(18)26(30)32-2)13-15-34-25-4-3-14-33-25/h3-4,6-7,9,11,14,16,18,22,24,29H,5,8,10,12-13,15,17H2,1-2H3/t18-,22+,24?/m1/s1. The minimum Gasteiger partial charge on any atom is -0.497 e. The number of aliphatic hydroxyl groups excluding tert-OH is 1. The fraction of sp³-hybridized carbons (Fsp3) is 0.462. The zero-order valence-corrected chi connectivity index (χ0v) is 21.3. The predicted octanol–water partition coefficient (Wildman–Crippen LogP) is 5.02. The average Bonchev–Trinajstić information content (AvgIpc) is 3.40. The van der Waals surface area contributed by atoms with E-state index in [1.807, 2.05) is 36.0 Å². The SMILES string of the molecule is COC(=O)[C@H]1CN(CCSc2cccs2)CC[C@H]1CCC(O)c1ccnc2ccc(OC)cc12. The van der Waals surface area contributed by atoms with Gasteiger partial charge in [-0.1, -0.05) is 6.07 Å². The lowest BCUT2D eigenvalue weighted by molar-refractivity contribution is -0.150. The third kappa shape index (κ3) is 6.10. The molecular formula is C26H32N2O4S2. The number of thiophene rings is 1. The highest BCUT2D eigenvalue weighted by atomic mass is 32.2. The molecule has 0 spiro atoms. The van der Waals surface area contributed by atoms with Gasteiger partial charge in [0.1, 0.15) is 5.75 Å². The number of thioether (sulfide) groups is 1. The zero-order chi connectivity index (χ0) is 23.9. The maximum atomic E-state index is 12.6. The quantitative estimate of drug-likeness (QED) is 0.309. The summed E-state index contributed by atoms with van der Waals surface area (Å²) in [7, 11) is 3.10. The van der Waals surface area contributed by atoms with Crippen LogP contribution in [0.5, 0.6) is 5.75 Å². The number of rotatable bonds is 10. The summed E-state index contributed by atoms with van der Waals surface area (Å²) in [4.78, 5) is 19.4. The molecule has 8 heteroatoms. The summed E-state index contributed by atoms with van der Waals surface area (Å²) in [5, 5.41) is 14.1. The maximum absolute atomic E-state index is 12.6. The molecule has 1 unspecified atom stereocenters. The van der Waals surface area contributed by atoms with Crippen molar-refractivity contribution in [2.45, 2.75) is 29.6 Å². The van der Waals surface area contributed by atoms with Gasteiger partial charge in [0, 0.05) is 30.4 Å². The van der Waals surface area contributed by atoms with Crippen molar-refractivity contribution in [1.82, 2.24) is 9.88 Å². The van der Waals surface area contributed by atoms with Crippen molar-refractivity contribution >= 4 is 40.0 Å². The van der Waals surface area contributed by atoms with E-state index in [0.717, 1.165) is 53.9 Å². The van der Waals surface area contributed by atoms with E-state index in [0.29, 0.717) is 13.0 Å². The van der Waals surface area contributed by atoms with Crippen molar-refractivity contribution in [1.29, 1.82) is 0 Å². The van der Waals surface area contributed by atoms with Crippen molar-refractivity contribution in [3.8, 4) is 5.75 Å². The van der Waals surface area contributed by atoms with E-state index in [2.05, 4.69) is 27.4 Å². The fourth-order valence-corrected chi connectivity index (χ4v) is 6.61. The van der Waals surface area contributed by atoms with Crippen LogP contribution in [0, 0.1) is 11.8 Å². The summed E-state index contributed by atoms with van der Waals surface area (Å²) in [6, 6.07) is 11.8. The number of benzene rings is 1. The van der Waals surface area contributed by atoms with E-state index in [-0.39, 0.29) is 17.8 Å². The molecule has 3 atom stereocenters. The van der Waals surface area contributed by atoms with Crippen LogP contribution in [0.1, 0.15) is 30.9 Å². The largest absolute Gasteiger partial charge is 0.497 e. The molecule has 3 heterocycles. The molecule has 182 valence electrons. The van der Waals surface area contributed by atoms with E-state index in [9.17, 15) is 9.90 Å². The van der Waals surface area contributed by atoms with Gasteiger partial charge in [0.2, 0.25) is 0 Å². The Morgan fingerprint density at radius 3 is 2.97 bits per heavy atom. The van der Waals surface area contributed by atoms with Crippen LogP contribution in [-0.2, 0) is 9.53 Å². The molecule has 1 saturated heterocycles. The van der Waals surface area contributed by atoms with Gasteiger partial charge in [-0.05, 0) is 73.0 Å². The summed E-state index contributed by atoms with van der Waals surface area (Å²) in [6.45, 7) is 2.64. The number of fused-ring (bicyclic) bond motifs is 1. The second-order valence-electron chi connectivity index (χ2n) is 8.64. The van der Waals surface area contributed by atoms with Gasteiger partial charge in [-0.3, -0.25) is 9.78 Å². The molecule has 0 saturated carbocycles. The number of nitrogens with zero attached hydrogens (tertiary/aromatic N) is 2. The first kappa shape index (κ1) is 25.0. The molecule has 6 nitrogen and oxygen atoms in total. The van der Waals surface area contributed by atoms with Crippen LogP contribution in [0.2, 0.25) is 0 Å². The number of piperidine rings is 1. The molecule has 0 aliphatic carbocycles. The van der Waals surface area contributed by atoms with Crippen LogP contribution in [0.3, 0.4) is 0 Å². The van der Waals surface area contributed by atoms with Crippen LogP contribution in [-0.4, -0.2) is 60.6 Å². The Hall–Kier alpha value is -2.13. The monoisotopic (exact) mass is 500 g/mol. The van der Waals surface area contributed by atoms with Gasteiger partial charge in [-0.25, -0.2) is 0 Å². The molecule has 0 bridgehead atoms. The molecule has 1 fully saturated rings. The van der Waals surface area contributed by atoms with Crippen LogP contribution in [0.4, 0.5) is 0 Å². The zero-order valence-electron chi connectivity index (χ0n) is 19.7. The Bertz CT molecular complexity index is 1080. The van der Waals surface area contributed by atoms with Crippen molar-refractivity contribution in [3.05, 3.63) is 53.5 Å². The van der Waals surface area contributed by atoms with Crippen LogP contribution < -0.4 is 4.74 Å². The van der Waals surface area contributed by atoms with Crippen molar-refractivity contribution in [2.75, 3.05) is 39.6 Å². The number of aliphatic hydroxyl groups is 1. The molecule has 1 aliphatic heterocycles. The number of carbonyl (C=O) groups excluding carboxylic acids is 1. The Balaban J connectivity index is 1.37. The van der Waals surface area contributed by atoms with E-state index in [1.54, 1.807) is 24.6 Å². The van der Waals surface area contributed by atoms with E-state index < -0.39 is 6.10 Å². The third-order valence-electron chi connectivity index (χ3n) is 6.64. The number of hydrogen-bond donors (Lipinski definition) is 1. The molecule has 1 N–H and O–H groups in total. The fourth-order valence-electron chi connectivity index (χ4n) is 4.75. The first-order valence-electron chi connectivity index (χ1n) is 11.7. The lowest BCUT2D eigenvalue weighted by Crippen LogP contribution is -2.45. The molecule has 34 heavy (non-hydrogen) atoms. The molecular weight excluding hydrogens is 468 g/mol.